The molecule has 0 heterocycles. The summed E-state index contributed by atoms with van der Waals surface area (Å²) in [4.78, 5) is 1.67. The van der Waals surface area contributed by atoms with Crippen LogP contribution in [0.1, 0.15) is 50.2 Å². The van der Waals surface area contributed by atoms with Crippen LogP contribution in [0, 0.1) is 12.8 Å². The van der Waals surface area contributed by atoms with E-state index in [1.807, 2.05) is 0 Å². The molecular weight excluding hydrogens is 448 g/mol. The van der Waals surface area contributed by atoms with Crippen LogP contribution in [0.2, 0.25) is 0 Å². The molecule has 2 aromatic carbocycles. The van der Waals surface area contributed by atoms with E-state index in [1.165, 1.54) is 16.0 Å². The van der Waals surface area contributed by atoms with Crippen molar-refractivity contribution in [2.24, 2.45) is 5.92 Å². The molecule has 0 fully saturated rings. The van der Waals surface area contributed by atoms with Crippen molar-refractivity contribution in [3.8, 4) is 5.75 Å². The smallest absolute Gasteiger partial charge is 0.178 e. The summed E-state index contributed by atoms with van der Waals surface area (Å²) in [6, 6.07) is 15.2. The molecule has 33 heavy (non-hydrogen) atoms. The predicted molar refractivity (Wildman–Crippen MR) is 143 cm³/mol. The van der Waals surface area contributed by atoms with Crippen LogP contribution in [-0.4, -0.2) is 27.5 Å². The lowest BCUT2D eigenvalue weighted by atomic mass is 9.94. The lowest BCUT2D eigenvalue weighted by Gasteiger charge is -2.20. The third-order valence-corrected chi connectivity index (χ3v) is 8.53. The van der Waals surface area contributed by atoms with E-state index >= 15 is 0 Å². The van der Waals surface area contributed by atoms with E-state index in [9.17, 15) is 8.42 Å². The second-order valence-corrected chi connectivity index (χ2v) is 11.5. The molecule has 0 spiro atoms. The maximum Gasteiger partial charge on any atom is 0.178 e. The number of thioether (sulfide) groups is 1. The number of hydrogen-bond donors (Lipinski definition) is 0. The van der Waals surface area contributed by atoms with E-state index in [0.717, 1.165) is 37.7 Å². The molecule has 1 atom stereocenters. The Morgan fingerprint density at radius 3 is 2.42 bits per heavy atom. The molecule has 1 unspecified atom stereocenters. The van der Waals surface area contributed by atoms with Gasteiger partial charge >= 0.3 is 0 Å². The molecule has 0 N–H and O–H groups in total. The Morgan fingerprint density at radius 1 is 1.12 bits per heavy atom. The Bertz CT molecular complexity index is 1020. The van der Waals surface area contributed by atoms with Gasteiger partial charge in [-0.15, -0.1) is 11.8 Å². The quantitative estimate of drug-likeness (QED) is 0.261. The highest BCUT2D eigenvalue weighted by Crippen LogP contribution is 2.32. The van der Waals surface area contributed by atoms with Gasteiger partial charge in [-0.05, 0) is 85.6 Å². The van der Waals surface area contributed by atoms with Crippen LogP contribution in [0.3, 0.4) is 0 Å². The molecule has 5 heteroatoms. The average molecular weight is 487 g/mol. The first-order valence-electron chi connectivity index (χ1n) is 11.6. The standard InChI is InChI=1S/C28H38O3S2/c1-6-7-12-25(13-9-18-33(29,30)27-16-14-26(31-4)15-17-27)28(32-5)21-23(3)20-24-11-8-10-22(2)19-24/h8,10-11,14-17,19,21,25H,3,6-7,9,12-13,18,20H2,1-2,4-5H3/b28-21-. The monoisotopic (exact) mass is 486 g/mol. The van der Waals surface area contributed by atoms with E-state index in [1.54, 1.807) is 43.1 Å². The van der Waals surface area contributed by atoms with Gasteiger partial charge in [0.15, 0.2) is 9.84 Å². The lowest BCUT2D eigenvalue weighted by Crippen LogP contribution is -2.10. The van der Waals surface area contributed by atoms with Gasteiger partial charge in [0.25, 0.3) is 0 Å². The van der Waals surface area contributed by atoms with Crippen LogP contribution in [-0.2, 0) is 16.3 Å². The number of hydrogen-bond acceptors (Lipinski definition) is 4. The van der Waals surface area contributed by atoms with E-state index in [0.29, 0.717) is 23.0 Å². The highest BCUT2D eigenvalue weighted by atomic mass is 32.2. The fraction of sp³-hybridized carbons (Fsp3) is 0.429. The number of rotatable bonds is 14. The normalized spacial score (nSPS) is 13.0. The fourth-order valence-electron chi connectivity index (χ4n) is 3.98. The Balaban J connectivity index is 2.05. The number of methoxy groups -OCH3 is 1. The molecule has 0 aliphatic rings. The number of ether oxygens (including phenoxy) is 1. The molecule has 0 saturated carbocycles. The first kappa shape index (κ1) is 27.3. The summed E-state index contributed by atoms with van der Waals surface area (Å²) in [6.07, 6.45) is 10.0. The van der Waals surface area contributed by atoms with Crippen molar-refractivity contribution in [3.05, 3.63) is 82.8 Å². The minimum absolute atomic E-state index is 0.161. The minimum atomic E-state index is -3.30. The maximum atomic E-state index is 12.8. The lowest BCUT2D eigenvalue weighted by molar-refractivity contribution is 0.414. The Kier molecular flexibility index (Phi) is 11.3. The van der Waals surface area contributed by atoms with Crippen molar-refractivity contribution in [2.45, 2.75) is 57.3 Å². The first-order valence-corrected chi connectivity index (χ1v) is 14.5. The third-order valence-electron chi connectivity index (χ3n) is 5.79. The highest BCUT2D eigenvalue weighted by Gasteiger charge is 2.18. The molecule has 0 aliphatic carbocycles. The minimum Gasteiger partial charge on any atom is -0.497 e. The fourth-order valence-corrected chi connectivity index (χ4v) is 6.17. The van der Waals surface area contributed by atoms with Crippen LogP contribution in [0.4, 0.5) is 0 Å². The summed E-state index contributed by atoms with van der Waals surface area (Å²) >= 11 is 1.77. The van der Waals surface area contributed by atoms with Crippen LogP contribution < -0.4 is 4.74 Å². The van der Waals surface area contributed by atoms with Gasteiger partial charge in [0.1, 0.15) is 5.75 Å². The summed E-state index contributed by atoms with van der Waals surface area (Å²) in [5, 5.41) is 0. The number of aryl methyl sites for hydroxylation is 1. The molecule has 0 bridgehead atoms. The zero-order valence-electron chi connectivity index (χ0n) is 20.5. The van der Waals surface area contributed by atoms with Crippen molar-refractivity contribution >= 4 is 21.6 Å². The van der Waals surface area contributed by atoms with Crippen LogP contribution >= 0.6 is 11.8 Å². The van der Waals surface area contributed by atoms with Gasteiger partial charge in [-0.1, -0.05) is 61.7 Å². The Labute approximate surface area is 205 Å². The van der Waals surface area contributed by atoms with E-state index in [2.05, 4.69) is 57.0 Å². The SMILES string of the molecule is C=C(/C=C(\SC)C(CCCC)CCCS(=O)(=O)c1ccc(OC)cc1)Cc1cccc(C)c1. The Morgan fingerprint density at radius 2 is 1.82 bits per heavy atom. The number of allylic oxidation sites excluding steroid dienone is 3. The van der Waals surface area contributed by atoms with E-state index < -0.39 is 9.84 Å². The Hall–Kier alpha value is -1.98. The van der Waals surface area contributed by atoms with Crippen molar-refractivity contribution in [1.82, 2.24) is 0 Å². The van der Waals surface area contributed by atoms with Crippen LogP contribution in [0.15, 0.2) is 76.6 Å². The van der Waals surface area contributed by atoms with Gasteiger partial charge in [0.2, 0.25) is 0 Å². The van der Waals surface area contributed by atoms with Gasteiger partial charge in [-0.25, -0.2) is 8.42 Å². The van der Waals surface area contributed by atoms with E-state index in [-0.39, 0.29) is 5.75 Å². The van der Waals surface area contributed by atoms with Crippen LogP contribution in [0.5, 0.6) is 5.75 Å². The maximum absolute atomic E-state index is 12.8. The summed E-state index contributed by atoms with van der Waals surface area (Å²) < 4.78 is 30.7. The zero-order chi connectivity index (χ0) is 24.3. The molecule has 0 aliphatic heterocycles. The zero-order valence-corrected chi connectivity index (χ0v) is 22.1. The number of benzene rings is 2. The topological polar surface area (TPSA) is 43.4 Å². The van der Waals surface area contributed by atoms with Crippen molar-refractivity contribution < 1.29 is 13.2 Å². The molecule has 3 nitrogen and oxygen atoms in total. The molecular formula is C28H38O3S2. The van der Waals surface area contributed by atoms with Gasteiger partial charge < -0.3 is 4.74 Å². The average Bonchev–Trinajstić information content (AvgIpc) is 2.80. The second-order valence-electron chi connectivity index (χ2n) is 8.55. The van der Waals surface area contributed by atoms with Crippen molar-refractivity contribution in [1.29, 1.82) is 0 Å². The molecule has 180 valence electrons. The van der Waals surface area contributed by atoms with Gasteiger partial charge in [0, 0.05) is 0 Å². The summed E-state index contributed by atoms with van der Waals surface area (Å²) in [7, 11) is -1.73. The van der Waals surface area contributed by atoms with Gasteiger partial charge in [0.05, 0.1) is 17.8 Å². The predicted octanol–water partition coefficient (Wildman–Crippen LogP) is 7.41. The molecule has 0 amide bonds. The van der Waals surface area contributed by atoms with E-state index in [4.69, 9.17) is 4.74 Å². The molecule has 2 aromatic rings. The molecule has 0 saturated heterocycles. The van der Waals surface area contributed by atoms with Crippen LogP contribution in [0.25, 0.3) is 0 Å². The second kappa shape index (κ2) is 13.7. The largest absolute Gasteiger partial charge is 0.497 e. The molecule has 2 rings (SSSR count). The molecule has 0 radical (unpaired) electrons. The molecule has 0 aromatic heterocycles. The summed E-state index contributed by atoms with van der Waals surface area (Å²) in [6.45, 7) is 8.61. The van der Waals surface area contributed by atoms with Crippen molar-refractivity contribution in [2.75, 3.05) is 19.1 Å². The van der Waals surface area contributed by atoms with Gasteiger partial charge in [-0.2, -0.15) is 0 Å². The first-order chi connectivity index (χ1) is 15.8. The number of unbranched alkanes of at least 4 members (excludes halogenated alkanes) is 1. The van der Waals surface area contributed by atoms with Crippen molar-refractivity contribution in [3.63, 3.8) is 0 Å². The third kappa shape index (κ3) is 9.05. The number of sulfone groups is 1. The summed E-state index contributed by atoms with van der Waals surface area (Å²) in [5.41, 5.74) is 3.62. The van der Waals surface area contributed by atoms with Gasteiger partial charge in [-0.3, -0.25) is 0 Å². The highest BCUT2D eigenvalue weighted by molar-refractivity contribution is 8.02. The summed E-state index contributed by atoms with van der Waals surface area (Å²) in [5.74, 6) is 1.18.